The summed E-state index contributed by atoms with van der Waals surface area (Å²) in [7, 11) is 1.84. The minimum atomic E-state index is 0.0898. The van der Waals surface area contributed by atoms with E-state index in [1.54, 1.807) is 0 Å². The van der Waals surface area contributed by atoms with E-state index in [1.165, 1.54) is 24.8 Å². The summed E-state index contributed by atoms with van der Waals surface area (Å²) in [6.07, 6.45) is 4.68. The van der Waals surface area contributed by atoms with Crippen LogP contribution < -0.4 is 5.32 Å². The van der Waals surface area contributed by atoms with Crippen molar-refractivity contribution in [2.75, 3.05) is 13.7 Å². The van der Waals surface area contributed by atoms with Crippen LogP contribution in [-0.2, 0) is 4.74 Å². The number of nitrogens with one attached hydrogen (secondary N) is 1. The predicted octanol–water partition coefficient (Wildman–Crippen LogP) is 3.95. The Morgan fingerprint density at radius 2 is 2.00 bits per heavy atom. The minimum absolute atomic E-state index is 0.0898. The van der Waals surface area contributed by atoms with Gasteiger partial charge in [-0.3, -0.25) is 0 Å². The van der Waals surface area contributed by atoms with E-state index < -0.39 is 0 Å². The zero-order chi connectivity index (χ0) is 13.0. The number of rotatable bonds is 6. The first-order chi connectivity index (χ1) is 8.69. The van der Waals surface area contributed by atoms with Crippen molar-refractivity contribution in [1.82, 2.24) is 5.32 Å². The molecule has 1 N–H and O–H groups in total. The lowest BCUT2D eigenvalue weighted by molar-refractivity contribution is -0.0837. The van der Waals surface area contributed by atoms with E-state index in [-0.39, 0.29) is 5.60 Å². The van der Waals surface area contributed by atoms with Crippen LogP contribution in [-0.4, -0.2) is 19.3 Å². The van der Waals surface area contributed by atoms with Gasteiger partial charge in [0.05, 0.1) is 5.60 Å². The predicted molar refractivity (Wildman–Crippen MR) is 76.1 cm³/mol. The number of hydrogen-bond donors (Lipinski definition) is 1. The Morgan fingerprint density at radius 1 is 1.33 bits per heavy atom. The first kappa shape index (κ1) is 13.9. The molecule has 0 amide bonds. The van der Waals surface area contributed by atoms with Gasteiger partial charge in [0.1, 0.15) is 0 Å². The van der Waals surface area contributed by atoms with Gasteiger partial charge in [0.15, 0.2) is 0 Å². The topological polar surface area (TPSA) is 21.3 Å². The summed E-state index contributed by atoms with van der Waals surface area (Å²) in [5.41, 5.74) is 1.39. The molecule has 1 aromatic rings. The summed E-state index contributed by atoms with van der Waals surface area (Å²) >= 11 is 5.95. The van der Waals surface area contributed by atoms with Crippen LogP contribution in [0.15, 0.2) is 24.3 Å². The van der Waals surface area contributed by atoms with Crippen LogP contribution in [0.25, 0.3) is 0 Å². The molecule has 1 atom stereocenters. The van der Waals surface area contributed by atoms with Crippen LogP contribution in [0.2, 0.25) is 5.02 Å². The maximum atomic E-state index is 5.95. The molecule has 2 rings (SSSR count). The Morgan fingerprint density at radius 3 is 2.44 bits per heavy atom. The highest BCUT2D eigenvalue weighted by Crippen LogP contribution is 2.41. The Labute approximate surface area is 115 Å². The molecule has 1 saturated carbocycles. The average Bonchev–Trinajstić information content (AvgIpc) is 2.33. The first-order valence-electron chi connectivity index (χ1n) is 6.73. The number of hydrogen-bond acceptors (Lipinski definition) is 2. The third kappa shape index (κ3) is 3.05. The Hall–Kier alpha value is -0.570. The third-order valence-corrected chi connectivity index (χ3v) is 4.25. The number of halogens is 1. The van der Waals surface area contributed by atoms with Gasteiger partial charge in [-0.25, -0.2) is 0 Å². The summed E-state index contributed by atoms with van der Waals surface area (Å²) in [5, 5.41) is 4.34. The summed E-state index contributed by atoms with van der Waals surface area (Å²) < 4.78 is 5.73. The van der Waals surface area contributed by atoms with E-state index in [0.29, 0.717) is 6.04 Å². The van der Waals surface area contributed by atoms with Crippen molar-refractivity contribution in [1.29, 1.82) is 0 Å². The smallest absolute Gasteiger partial charge is 0.0697 e. The van der Waals surface area contributed by atoms with Gasteiger partial charge in [-0.2, -0.15) is 0 Å². The maximum Gasteiger partial charge on any atom is 0.0697 e. The molecule has 2 nitrogen and oxygen atoms in total. The van der Waals surface area contributed by atoms with E-state index in [9.17, 15) is 0 Å². The molecule has 1 aromatic carbocycles. The van der Waals surface area contributed by atoms with Crippen LogP contribution in [0.4, 0.5) is 0 Å². The second kappa shape index (κ2) is 6.05. The molecule has 3 heteroatoms. The zero-order valence-electron chi connectivity index (χ0n) is 11.2. The molecule has 0 aliphatic heterocycles. The fourth-order valence-corrected chi connectivity index (χ4v) is 2.81. The Bertz CT molecular complexity index is 367. The van der Waals surface area contributed by atoms with Gasteiger partial charge >= 0.3 is 0 Å². The molecule has 100 valence electrons. The Balaban J connectivity index is 2.10. The van der Waals surface area contributed by atoms with Crippen molar-refractivity contribution >= 4 is 11.6 Å². The monoisotopic (exact) mass is 267 g/mol. The van der Waals surface area contributed by atoms with Crippen molar-refractivity contribution in [2.24, 2.45) is 0 Å². The van der Waals surface area contributed by atoms with Crippen molar-refractivity contribution < 1.29 is 4.74 Å². The molecular formula is C15H22ClNO. The standard InChI is InChI=1S/C15H22ClNO/c1-3-17-14(11-15(18-2)9-4-10-15)12-5-7-13(16)8-6-12/h5-8,14,17H,3-4,9-11H2,1-2H3. The van der Waals surface area contributed by atoms with E-state index in [4.69, 9.17) is 16.3 Å². The molecule has 0 heterocycles. The quantitative estimate of drug-likeness (QED) is 0.843. The number of methoxy groups -OCH3 is 1. The van der Waals surface area contributed by atoms with Gasteiger partial charge in [0.25, 0.3) is 0 Å². The number of ether oxygens (including phenoxy) is 1. The SMILES string of the molecule is CCNC(CC1(OC)CCC1)c1ccc(Cl)cc1. The van der Waals surface area contributed by atoms with E-state index in [2.05, 4.69) is 24.4 Å². The lowest BCUT2D eigenvalue weighted by Gasteiger charge is -2.43. The molecule has 0 aromatic heterocycles. The number of benzene rings is 1. The van der Waals surface area contributed by atoms with Gasteiger partial charge < -0.3 is 10.1 Å². The third-order valence-electron chi connectivity index (χ3n) is 4.00. The van der Waals surface area contributed by atoms with E-state index in [1.807, 2.05) is 19.2 Å². The molecule has 1 aliphatic carbocycles. The second-order valence-corrected chi connectivity index (χ2v) is 5.54. The molecule has 1 unspecified atom stereocenters. The molecule has 0 saturated heterocycles. The fraction of sp³-hybridized carbons (Fsp3) is 0.600. The van der Waals surface area contributed by atoms with Crippen LogP contribution >= 0.6 is 11.6 Å². The molecule has 0 bridgehead atoms. The fourth-order valence-electron chi connectivity index (χ4n) is 2.68. The Kier molecular flexibility index (Phi) is 4.66. The summed E-state index contributed by atoms with van der Waals surface area (Å²) in [6.45, 7) is 3.11. The zero-order valence-corrected chi connectivity index (χ0v) is 12.0. The highest BCUT2D eigenvalue weighted by Gasteiger charge is 2.39. The summed E-state index contributed by atoms with van der Waals surface area (Å²) in [4.78, 5) is 0. The molecule has 18 heavy (non-hydrogen) atoms. The molecule has 0 radical (unpaired) electrons. The molecule has 1 fully saturated rings. The first-order valence-corrected chi connectivity index (χ1v) is 7.11. The molecule has 0 spiro atoms. The normalized spacial score (nSPS) is 19.3. The highest BCUT2D eigenvalue weighted by atomic mass is 35.5. The molecule has 1 aliphatic rings. The van der Waals surface area contributed by atoms with Crippen LogP contribution in [0.3, 0.4) is 0 Å². The lowest BCUT2D eigenvalue weighted by atomic mass is 9.74. The minimum Gasteiger partial charge on any atom is -0.378 e. The van der Waals surface area contributed by atoms with Crippen LogP contribution in [0.5, 0.6) is 0 Å². The maximum absolute atomic E-state index is 5.95. The van der Waals surface area contributed by atoms with Crippen LogP contribution in [0, 0.1) is 0 Å². The summed E-state index contributed by atoms with van der Waals surface area (Å²) in [6, 6.07) is 8.49. The van der Waals surface area contributed by atoms with Gasteiger partial charge in [-0.15, -0.1) is 0 Å². The second-order valence-electron chi connectivity index (χ2n) is 5.11. The van der Waals surface area contributed by atoms with Gasteiger partial charge in [0.2, 0.25) is 0 Å². The van der Waals surface area contributed by atoms with E-state index in [0.717, 1.165) is 18.0 Å². The van der Waals surface area contributed by atoms with Crippen molar-refractivity contribution in [3.8, 4) is 0 Å². The average molecular weight is 268 g/mol. The van der Waals surface area contributed by atoms with Gasteiger partial charge in [-0.05, 0) is 49.9 Å². The van der Waals surface area contributed by atoms with Gasteiger partial charge in [0, 0.05) is 18.2 Å². The van der Waals surface area contributed by atoms with Crippen LogP contribution in [0.1, 0.15) is 44.2 Å². The van der Waals surface area contributed by atoms with Crippen molar-refractivity contribution in [3.05, 3.63) is 34.9 Å². The van der Waals surface area contributed by atoms with Crippen molar-refractivity contribution in [2.45, 2.75) is 44.2 Å². The highest BCUT2D eigenvalue weighted by molar-refractivity contribution is 6.30. The molecular weight excluding hydrogens is 246 g/mol. The van der Waals surface area contributed by atoms with E-state index >= 15 is 0 Å². The van der Waals surface area contributed by atoms with Crippen molar-refractivity contribution in [3.63, 3.8) is 0 Å². The lowest BCUT2D eigenvalue weighted by Crippen LogP contribution is -2.42. The largest absolute Gasteiger partial charge is 0.378 e. The van der Waals surface area contributed by atoms with Gasteiger partial charge in [-0.1, -0.05) is 30.7 Å². The summed E-state index contributed by atoms with van der Waals surface area (Å²) in [5.74, 6) is 0.